The lowest BCUT2D eigenvalue weighted by Gasteiger charge is -2.23. The van der Waals surface area contributed by atoms with Crippen LogP contribution in [-0.2, 0) is 9.47 Å². The van der Waals surface area contributed by atoms with Crippen LogP contribution < -0.4 is 10.5 Å². The number of benzene rings is 1. The van der Waals surface area contributed by atoms with Gasteiger partial charge in [0.2, 0.25) is 0 Å². The number of hydrogen-bond donors (Lipinski definition) is 1. The summed E-state index contributed by atoms with van der Waals surface area (Å²) in [6, 6.07) is 3.95. The molecule has 0 aliphatic carbocycles. The van der Waals surface area contributed by atoms with Crippen LogP contribution in [0.25, 0.3) is 0 Å². The molecule has 0 saturated carbocycles. The molecule has 104 valence electrons. The minimum Gasteiger partial charge on any atom is -0.493 e. The molecule has 1 aromatic rings. The number of primary amides is 1. The average molecular weight is 269 g/mol. The van der Waals surface area contributed by atoms with Crippen molar-refractivity contribution in [2.75, 3.05) is 19.8 Å². The predicted molar refractivity (Wildman–Crippen MR) is 65.3 cm³/mol. The molecule has 2 rings (SSSR count). The SMILES string of the molecule is NC(=O)c1ccc(OCCC2OCCCO2)cc1F. The van der Waals surface area contributed by atoms with E-state index in [-0.39, 0.29) is 11.9 Å². The summed E-state index contributed by atoms with van der Waals surface area (Å²) in [6.45, 7) is 1.72. The highest BCUT2D eigenvalue weighted by molar-refractivity contribution is 5.93. The molecule has 0 aromatic heterocycles. The Morgan fingerprint density at radius 3 is 2.79 bits per heavy atom. The van der Waals surface area contributed by atoms with E-state index in [2.05, 4.69) is 0 Å². The van der Waals surface area contributed by atoms with Crippen LogP contribution in [0.3, 0.4) is 0 Å². The summed E-state index contributed by atoms with van der Waals surface area (Å²) in [5.74, 6) is -1.14. The maximum atomic E-state index is 13.5. The highest BCUT2D eigenvalue weighted by Crippen LogP contribution is 2.17. The standard InChI is InChI=1S/C13H16FNO4/c14-11-8-9(2-3-10(11)13(15)16)17-7-4-12-18-5-1-6-19-12/h2-3,8,12H,1,4-7H2,(H2,15,16). The van der Waals surface area contributed by atoms with Crippen molar-refractivity contribution >= 4 is 5.91 Å². The lowest BCUT2D eigenvalue weighted by molar-refractivity contribution is -0.183. The lowest BCUT2D eigenvalue weighted by Crippen LogP contribution is -2.26. The summed E-state index contributed by atoms with van der Waals surface area (Å²) >= 11 is 0. The van der Waals surface area contributed by atoms with Crippen molar-refractivity contribution in [1.29, 1.82) is 0 Å². The quantitative estimate of drug-likeness (QED) is 0.878. The molecule has 1 fully saturated rings. The number of carbonyl (C=O) groups excluding carboxylic acids is 1. The maximum absolute atomic E-state index is 13.5. The van der Waals surface area contributed by atoms with E-state index in [1.807, 2.05) is 0 Å². The fourth-order valence-electron chi connectivity index (χ4n) is 1.76. The van der Waals surface area contributed by atoms with Gasteiger partial charge in [-0.25, -0.2) is 4.39 Å². The second-order valence-electron chi connectivity index (χ2n) is 4.17. The summed E-state index contributed by atoms with van der Waals surface area (Å²) < 4.78 is 29.5. The minimum absolute atomic E-state index is 0.147. The molecule has 1 saturated heterocycles. The van der Waals surface area contributed by atoms with Crippen molar-refractivity contribution in [3.05, 3.63) is 29.6 Å². The van der Waals surface area contributed by atoms with Crippen molar-refractivity contribution in [1.82, 2.24) is 0 Å². The van der Waals surface area contributed by atoms with Crippen molar-refractivity contribution in [3.63, 3.8) is 0 Å². The summed E-state index contributed by atoms with van der Waals surface area (Å²) in [6.07, 6.45) is 1.21. The summed E-state index contributed by atoms with van der Waals surface area (Å²) in [5.41, 5.74) is 4.86. The molecule has 0 atom stereocenters. The van der Waals surface area contributed by atoms with Gasteiger partial charge < -0.3 is 19.9 Å². The molecule has 6 heteroatoms. The molecule has 19 heavy (non-hydrogen) atoms. The van der Waals surface area contributed by atoms with E-state index in [9.17, 15) is 9.18 Å². The Balaban J connectivity index is 1.82. The van der Waals surface area contributed by atoms with Gasteiger partial charge in [-0.15, -0.1) is 0 Å². The molecule has 5 nitrogen and oxygen atoms in total. The summed E-state index contributed by atoms with van der Waals surface area (Å²) in [7, 11) is 0. The van der Waals surface area contributed by atoms with Crippen LogP contribution in [0, 0.1) is 5.82 Å². The van der Waals surface area contributed by atoms with Gasteiger partial charge in [0.15, 0.2) is 6.29 Å². The average Bonchev–Trinajstić information content (AvgIpc) is 2.39. The normalized spacial score (nSPS) is 16.3. The van der Waals surface area contributed by atoms with Gasteiger partial charge in [0.25, 0.3) is 5.91 Å². The molecule has 0 bridgehead atoms. The van der Waals surface area contributed by atoms with Crippen LogP contribution in [-0.4, -0.2) is 32.0 Å². The predicted octanol–water partition coefficient (Wildman–Crippen LogP) is 1.46. The molecular formula is C13H16FNO4. The molecule has 2 N–H and O–H groups in total. The molecule has 0 unspecified atom stereocenters. The number of halogens is 1. The van der Waals surface area contributed by atoms with Gasteiger partial charge >= 0.3 is 0 Å². The van der Waals surface area contributed by atoms with Crippen LogP contribution in [0.2, 0.25) is 0 Å². The third-order valence-corrected chi connectivity index (χ3v) is 2.72. The highest BCUT2D eigenvalue weighted by Gasteiger charge is 2.14. The second-order valence-corrected chi connectivity index (χ2v) is 4.17. The molecule has 0 radical (unpaired) electrons. The lowest BCUT2D eigenvalue weighted by atomic mass is 10.2. The van der Waals surface area contributed by atoms with E-state index in [4.69, 9.17) is 19.9 Å². The van der Waals surface area contributed by atoms with E-state index in [0.29, 0.717) is 32.0 Å². The Labute approximate surface area is 110 Å². The molecule has 1 aliphatic heterocycles. The molecule has 1 amide bonds. The maximum Gasteiger partial charge on any atom is 0.251 e. The van der Waals surface area contributed by atoms with Gasteiger partial charge in [-0.05, 0) is 18.6 Å². The van der Waals surface area contributed by atoms with Gasteiger partial charge in [0.05, 0.1) is 25.4 Å². The summed E-state index contributed by atoms with van der Waals surface area (Å²) in [4.78, 5) is 10.9. The first-order valence-electron chi connectivity index (χ1n) is 6.12. The van der Waals surface area contributed by atoms with Crippen molar-refractivity contribution in [2.45, 2.75) is 19.1 Å². The fourth-order valence-corrected chi connectivity index (χ4v) is 1.76. The third-order valence-electron chi connectivity index (χ3n) is 2.72. The number of rotatable bonds is 5. The number of nitrogens with two attached hydrogens (primary N) is 1. The minimum atomic E-state index is -0.798. The number of carbonyl (C=O) groups is 1. The van der Waals surface area contributed by atoms with Gasteiger partial charge in [0, 0.05) is 12.5 Å². The fraction of sp³-hybridized carbons (Fsp3) is 0.462. The van der Waals surface area contributed by atoms with E-state index in [1.165, 1.54) is 12.1 Å². The topological polar surface area (TPSA) is 70.8 Å². The van der Waals surface area contributed by atoms with Gasteiger partial charge in [-0.1, -0.05) is 0 Å². The van der Waals surface area contributed by atoms with Crippen molar-refractivity contribution < 1.29 is 23.4 Å². The Morgan fingerprint density at radius 1 is 1.42 bits per heavy atom. The number of hydrogen-bond acceptors (Lipinski definition) is 4. The van der Waals surface area contributed by atoms with Crippen molar-refractivity contribution in [2.24, 2.45) is 5.73 Å². The van der Waals surface area contributed by atoms with E-state index >= 15 is 0 Å². The smallest absolute Gasteiger partial charge is 0.251 e. The van der Waals surface area contributed by atoms with Crippen LogP contribution in [0.1, 0.15) is 23.2 Å². The second kappa shape index (κ2) is 6.49. The Morgan fingerprint density at radius 2 is 2.16 bits per heavy atom. The zero-order chi connectivity index (χ0) is 13.7. The third kappa shape index (κ3) is 3.90. The van der Waals surface area contributed by atoms with Gasteiger partial charge in [0.1, 0.15) is 11.6 Å². The first kappa shape index (κ1) is 13.8. The van der Waals surface area contributed by atoms with Gasteiger partial charge in [-0.3, -0.25) is 4.79 Å². The highest BCUT2D eigenvalue weighted by atomic mass is 19.1. The van der Waals surface area contributed by atoms with Crippen LogP contribution in [0.4, 0.5) is 4.39 Å². The molecule has 1 aliphatic rings. The zero-order valence-electron chi connectivity index (χ0n) is 10.4. The largest absolute Gasteiger partial charge is 0.493 e. The molecule has 0 spiro atoms. The van der Waals surface area contributed by atoms with E-state index in [1.54, 1.807) is 0 Å². The van der Waals surface area contributed by atoms with Crippen molar-refractivity contribution in [3.8, 4) is 5.75 Å². The van der Waals surface area contributed by atoms with Crippen LogP contribution in [0.15, 0.2) is 18.2 Å². The van der Waals surface area contributed by atoms with E-state index in [0.717, 1.165) is 12.5 Å². The zero-order valence-corrected chi connectivity index (χ0v) is 10.4. The molecule has 1 heterocycles. The number of amides is 1. The molecular weight excluding hydrogens is 253 g/mol. The molecule has 1 aromatic carbocycles. The van der Waals surface area contributed by atoms with Crippen LogP contribution in [0.5, 0.6) is 5.75 Å². The van der Waals surface area contributed by atoms with Gasteiger partial charge in [-0.2, -0.15) is 0 Å². The van der Waals surface area contributed by atoms with E-state index < -0.39 is 11.7 Å². The Kier molecular flexibility index (Phi) is 4.70. The number of ether oxygens (including phenoxy) is 3. The van der Waals surface area contributed by atoms with Crippen LogP contribution >= 0.6 is 0 Å². The Bertz CT molecular complexity index is 446. The first-order chi connectivity index (χ1) is 9.16. The monoisotopic (exact) mass is 269 g/mol. The Hall–Kier alpha value is -1.66. The first-order valence-corrected chi connectivity index (χ1v) is 6.12. The summed E-state index contributed by atoms with van der Waals surface area (Å²) in [5, 5.41) is 0.